The molecule has 2 rings (SSSR count). The number of carboxylic acids is 1. The lowest BCUT2D eigenvalue weighted by Gasteiger charge is -2.38. The minimum Gasteiger partial charge on any atom is -0.480 e. The fraction of sp³-hybridized carbons (Fsp3) is 0.857. The number of urea groups is 1. The van der Waals surface area contributed by atoms with Gasteiger partial charge in [-0.25, -0.2) is 9.59 Å². The van der Waals surface area contributed by atoms with Gasteiger partial charge >= 0.3 is 12.0 Å². The van der Waals surface area contributed by atoms with Crippen LogP contribution in [0.2, 0.25) is 0 Å². The second kappa shape index (κ2) is 6.43. The standard InChI is InChI=1S/C14H24N2O4/c1-9(2)8-10(13(17)18)15-14(19)16-6-7-20-12-5-3-4-11(12)16/h9-12H,3-8H2,1-2H3,(H,15,19)(H,17,18)/t10-,11?,12?/m1/s1. The van der Waals surface area contributed by atoms with E-state index in [1.807, 2.05) is 13.8 Å². The zero-order valence-electron chi connectivity index (χ0n) is 12.2. The summed E-state index contributed by atoms with van der Waals surface area (Å²) in [4.78, 5) is 25.3. The van der Waals surface area contributed by atoms with Gasteiger partial charge in [-0.2, -0.15) is 0 Å². The molecule has 20 heavy (non-hydrogen) atoms. The zero-order chi connectivity index (χ0) is 14.7. The van der Waals surface area contributed by atoms with E-state index in [-0.39, 0.29) is 24.1 Å². The number of rotatable bonds is 4. The van der Waals surface area contributed by atoms with Gasteiger partial charge in [-0.3, -0.25) is 0 Å². The van der Waals surface area contributed by atoms with Crippen molar-refractivity contribution < 1.29 is 19.4 Å². The highest BCUT2D eigenvalue weighted by molar-refractivity contribution is 5.82. The predicted molar refractivity (Wildman–Crippen MR) is 73.5 cm³/mol. The monoisotopic (exact) mass is 284 g/mol. The van der Waals surface area contributed by atoms with Crippen LogP contribution in [0.15, 0.2) is 0 Å². The molecule has 1 aliphatic heterocycles. The van der Waals surface area contributed by atoms with Crippen molar-refractivity contribution in [2.45, 2.75) is 57.7 Å². The van der Waals surface area contributed by atoms with Gasteiger partial charge < -0.3 is 20.1 Å². The van der Waals surface area contributed by atoms with E-state index in [1.165, 1.54) is 0 Å². The molecule has 1 saturated heterocycles. The van der Waals surface area contributed by atoms with Gasteiger partial charge in [0.05, 0.1) is 18.8 Å². The lowest BCUT2D eigenvalue weighted by Crippen LogP contribution is -2.57. The molecule has 0 radical (unpaired) electrons. The summed E-state index contributed by atoms with van der Waals surface area (Å²) in [5, 5.41) is 11.9. The third-order valence-electron chi connectivity index (χ3n) is 4.05. The van der Waals surface area contributed by atoms with Gasteiger partial charge in [-0.05, 0) is 31.6 Å². The average Bonchev–Trinajstić information content (AvgIpc) is 2.84. The molecule has 2 amide bonds. The maximum absolute atomic E-state index is 12.3. The van der Waals surface area contributed by atoms with Crippen LogP contribution in [0.3, 0.4) is 0 Å². The molecule has 1 aliphatic carbocycles. The number of nitrogens with zero attached hydrogens (tertiary/aromatic N) is 1. The van der Waals surface area contributed by atoms with Crippen LogP contribution in [0.5, 0.6) is 0 Å². The maximum Gasteiger partial charge on any atom is 0.326 e. The number of hydrogen-bond acceptors (Lipinski definition) is 3. The van der Waals surface area contributed by atoms with Crippen molar-refractivity contribution in [3.8, 4) is 0 Å². The van der Waals surface area contributed by atoms with Crippen LogP contribution in [0.1, 0.15) is 39.5 Å². The first kappa shape index (κ1) is 15.1. The molecule has 0 bridgehead atoms. The van der Waals surface area contributed by atoms with Crippen molar-refractivity contribution in [2.75, 3.05) is 13.2 Å². The first-order chi connectivity index (χ1) is 9.49. The molecule has 2 unspecified atom stereocenters. The minimum absolute atomic E-state index is 0.109. The summed E-state index contributed by atoms with van der Waals surface area (Å²) in [5.41, 5.74) is 0. The Hall–Kier alpha value is -1.30. The van der Waals surface area contributed by atoms with Crippen LogP contribution in [0, 0.1) is 5.92 Å². The van der Waals surface area contributed by atoms with Crippen molar-refractivity contribution in [3.63, 3.8) is 0 Å². The summed E-state index contributed by atoms with van der Waals surface area (Å²) < 4.78 is 5.66. The van der Waals surface area contributed by atoms with E-state index in [4.69, 9.17) is 4.74 Å². The Balaban J connectivity index is 1.97. The number of carbonyl (C=O) groups excluding carboxylic acids is 1. The van der Waals surface area contributed by atoms with E-state index in [0.717, 1.165) is 19.3 Å². The molecule has 0 spiro atoms. The van der Waals surface area contributed by atoms with Crippen molar-refractivity contribution >= 4 is 12.0 Å². The number of hydrogen-bond donors (Lipinski definition) is 2. The molecule has 2 N–H and O–H groups in total. The Morgan fingerprint density at radius 1 is 1.40 bits per heavy atom. The molecule has 1 heterocycles. The average molecular weight is 284 g/mol. The number of ether oxygens (including phenoxy) is 1. The first-order valence-corrected chi connectivity index (χ1v) is 7.40. The molecule has 0 aromatic carbocycles. The second-order valence-electron chi connectivity index (χ2n) is 6.07. The van der Waals surface area contributed by atoms with Crippen LogP contribution >= 0.6 is 0 Å². The fourth-order valence-corrected chi connectivity index (χ4v) is 3.10. The maximum atomic E-state index is 12.3. The topological polar surface area (TPSA) is 78.9 Å². The minimum atomic E-state index is -0.969. The van der Waals surface area contributed by atoms with Gasteiger partial charge in [0.15, 0.2) is 0 Å². The molecular weight excluding hydrogens is 260 g/mol. The molecule has 0 aromatic heterocycles. The molecule has 6 heteroatoms. The van der Waals surface area contributed by atoms with Gasteiger partial charge in [0.25, 0.3) is 0 Å². The summed E-state index contributed by atoms with van der Waals surface area (Å²) >= 11 is 0. The Kier molecular flexibility index (Phi) is 4.86. The highest BCUT2D eigenvalue weighted by atomic mass is 16.5. The number of fused-ring (bicyclic) bond motifs is 1. The quantitative estimate of drug-likeness (QED) is 0.819. The summed E-state index contributed by atoms with van der Waals surface area (Å²) in [6.45, 7) is 4.98. The van der Waals surface area contributed by atoms with Crippen molar-refractivity contribution in [2.24, 2.45) is 5.92 Å². The third-order valence-corrected chi connectivity index (χ3v) is 4.05. The lowest BCUT2D eigenvalue weighted by atomic mass is 10.0. The fourth-order valence-electron chi connectivity index (χ4n) is 3.10. The molecule has 3 atom stereocenters. The van der Waals surface area contributed by atoms with E-state index >= 15 is 0 Å². The van der Waals surface area contributed by atoms with E-state index in [1.54, 1.807) is 4.90 Å². The Morgan fingerprint density at radius 3 is 2.80 bits per heavy atom. The molecule has 2 aliphatic rings. The van der Waals surface area contributed by atoms with E-state index < -0.39 is 12.0 Å². The van der Waals surface area contributed by atoms with Gasteiger partial charge in [0.1, 0.15) is 6.04 Å². The summed E-state index contributed by atoms with van der Waals surface area (Å²) in [7, 11) is 0. The van der Waals surface area contributed by atoms with Crippen LogP contribution < -0.4 is 5.32 Å². The summed E-state index contributed by atoms with van der Waals surface area (Å²) in [5.74, 6) is -0.747. The number of amides is 2. The molecular formula is C14H24N2O4. The smallest absolute Gasteiger partial charge is 0.326 e. The van der Waals surface area contributed by atoms with Gasteiger partial charge in [0.2, 0.25) is 0 Å². The van der Waals surface area contributed by atoms with Crippen LogP contribution in [-0.4, -0.2) is 53.3 Å². The number of carboxylic acid groups (broad SMARTS) is 1. The van der Waals surface area contributed by atoms with Crippen molar-refractivity contribution in [1.29, 1.82) is 0 Å². The number of morpholine rings is 1. The highest BCUT2D eigenvalue weighted by Gasteiger charge is 2.39. The Morgan fingerprint density at radius 2 is 2.15 bits per heavy atom. The lowest BCUT2D eigenvalue weighted by molar-refractivity contribution is -0.139. The molecule has 2 fully saturated rings. The van der Waals surface area contributed by atoms with Crippen LogP contribution in [0.4, 0.5) is 4.79 Å². The van der Waals surface area contributed by atoms with Gasteiger partial charge in [-0.1, -0.05) is 13.8 Å². The highest BCUT2D eigenvalue weighted by Crippen LogP contribution is 2.29. The van der Waals surface area contributed by atoms with E-state index in [9.17, 15) is 14.7 Å². The Bertz CT molecular complexity index is 372. The van der Waals surface area contributed by atoms with Crippen LogP contribution in [0.25, 0.3) is 0 Å². The normalized spacial score (nSPS) is 27.2. The Labute approximate surface area is 119 Å². The largest absolute Gasteiger partial charge is 0.480 e. The number of carbonyl (C=O) groups is 2. The van der Waals surface area contributed by atoms with Crippen molar-refractivity contribution in [3.05, 3.63) is 0 Å². The van der Waals surface area contributed by atoms with Gasteiger partial charge in [0, 0.05) is 6.54 Å². The summed E-state index contributed by atoms with van der Waals surface area (Å²) in [6.07, 6.45) is 3.57. The SMILES string of the molecule is CC(C)C[C@@H](NC(=O)N1CCOC2CCCC21)C(=O)O. The van der Waals surface area contributed by atoms with Crippen LogP contribution in [-0.2, 0) is 9.53 Å². The molecule has 114 valence electrons. The van der Waals surface area contributed by atoms with E-state index in [0.29, 0.717) is 19.6 Å². The zero-order valence-corrected chi connectivity index (χ0v) is 12.2. The van der Waals surface area contributed by atoms with Crippen molar-refractivity contribution in [1.82, 2.24) is 10.2 Å². The number of aliphatic carboxylic acids is 1. The summed E-state index contributed by atoms with van der Waals surface area (Å²) in [6, 6.07) is -0.972. The van der Waals surface area contributed by atoms with Gasteiger partial charge in [-0.15, -0.1) is 0 Å². The predicted octanol–water partition coefficient (Wildman–Crippen LogP) is 1.45. The first-order valence-electron chi connectivity index (χ1n) is 7.40. The van der Waals surface area contributed by atoms with E-state index in [2.05, 4.69) is 5.32 Å². The second-order valence-corrected chi connectivity index (χ2v) is 6.07. The number of nitrogens with one attached hydrogen (secondary N) is 1. The third kappa shape index (κ3) is 3.42. The molecule has 6 nitrogen and oxygen atoms in total. The molecule has 0 aromatic rings. The molecule has 1 saturated carbocycles.